The maximum absolute atomic E-state index is 4.64. The summed E-state index contributed by atoms with van der Waals surface area (Å²) >= 11 is 0. The van der Waals surface area contributed by atoms with Crippen molar-refractivity contribution < 1.29 is 0 Å². The molecule has 0 aromatic carbocycles. The van der Waals surface area contributed by atoms with Crippen molar-refractivity contribution in [2.45, 2.75) is 39.2 Å². The molecule has 5 nitrogen and oxygen atoms in total. The van der Waals surface area contributed by atoms with Gasteiger partial charge in [0.2, 0.25) is 0 Å². The van der Waals surface area contributed by atoms with Crippen LogP contribution in [-0.4, -0.2) is 48.1 Å². The van der Waals surface area contributed by atoms with Gasteiger partial charge in [-0.15, -0.1) is 0 Å². The van der Waals surface area contributed by atoms with E-state index in [2.05, 4.69) is 46.4 Å². The highest BCUT2D eigenvalue weighted by Gasteiger charge is 2.18. The van der Waals surface area contributed by atoms with E-state index in [1.807, 2.05) is 7.05 Å². The molecule has 2 heterocycles. The third-order valence-corrected chi connectivity index (χ3v) is 3.80. The predicted molar refractivity (Wildman–Crippen MR) is 79.8 cm³/mol. The number of hydrogen-bond donors (Lipinski definition) is 2. The second-order valence-electron chi connectivity index (χ2n) is 5.29. The van der Waals surface area contributed by atoms with E-state index in [0.717, 1.165) is 42.5 Å². The maximum atomic E-state index is 4.64. The molecule has 1 aromatic heterocycles. The molecule has 1 fully saturated rings. The summed E-state index contributed by atoms with van der Waals surface area (Å²) in [5.41, 5.74) is 1.11. The summed E-state index contributed by atoms with van der Waals surface area (Å²) in [6.45, 7) is 6.47. The van der Waals surface area contributed by atoms with Gasteiger partial charge in [-0.3, -0.25) is 0 Å². The van der Waals surface area contributed by atoms with Crippen molar-refractivity contribution in [3.8, 4) is 0 Å². The summed E-state index contributed by atoms with van der Waals surface area (Å²) in [6, 6.07) is 0.527. The van der Waals surface area contributed by atoms with Gasteiger partial charge in [0.05, 0.1) is 0 Å². The first-order valence-electron chi connectivity index (χ1n) is 7.14. The standard InChI is InChI=1S/C14H25N5/c1-5-12-17-13(15-3)10(2)14(18-12)16-11-6-8-19(4)9-7-11/h11H,5-9H2,1-4H3,(H2,15,16,17,18). The van der Waals surface area contributed by atoms with Crippen LogP contribution in [0.5, 0.6) is 0 Å². The zero-order chi connectivity index (χ0) is 13.8. The van der Waals surface area contributed by atoms with Crippen molar-refractivity contribution in [1.82, 2.24) is 14.9 Å². The second-order valence-corrected chi connectivity index (χ2v) is 5.29. The van der Waals surface area contributed by atoms with Gasteiger partial charge < -0.3 is 15.5 Å². The van der Waals surface area contributed by atoms with Crippen molar-refractivity contribution in [3.05, 3.63) is 11.4 Å². The first-order valence-corrected chi connectivity index (χ1v) is 7.14. The van der Waals surface area contributed by atoms with Gasteiger partial charge in [-0.05, 0) is 39.9 Å². The Kier molecular flexibility index (Phi) is 4.58. The Balaban J connectivity index is 2.14. The van der Waals surface area contributed by atoms with Crippen LogP contribution in [0.1, 0.15) is 31.2 Å². The van der Waals surface area contributed by atoms with Crippen molar-refractivity contribution in [2.75, 3.05) is 37.8 Å². The summed E-state index contributed by atoms with van der Waals surface area (Å²) in [5.74, 6) is 2.82. The molecule has 2 N–H and O–H groups in total. The van der Waals surface area contributed by atoms with E-state index in [9.17, 15) is 0 Å². The number of aromatic nitrogens is 2. The lowest BCUT2D eigenvalue weighted by molar-refractivity contribution is 0.263. The van der Waals surface area contributed by atoms with Crippen molar-refractivity contribution in [2.24, 2.45) is 0 Å². The molecule has 2 rings (SSSR count). The van der Waals surface area contributed by atoms with Crippen LogP contribution in [0.4, 0.5) is 11.6 Å². The molecule has 1 aromatic rings. The average molecular weight is 263 g/mol. The van der Waals surface area contributed by atoms with Crippen LogP contribution < -0.4 is 10.6 Å². The summed E-state index contributed by atoms with van der Waals surface area (Å²) in [6.07, 6.45) is 3.21. The van der Waals surface area contributed by atoms with Crippen LogP contribution in [0.3, 0.4) is 0 Å². The highest BCUT2D eigenvalue weighted by Crippen LogP contribution is 2.22. The Morgan fingerprint density at radius 1 is 1.21 bits per heavy atom. The quantitative estimate of drug-likeness (QED) is 0.869. The Morgan fingerprint density at radius 2 is 1.84 bits per heavy atom. The van der Waals surface area contributed by atoms with E-state index in [1.165, 1.54) is 12.8 Å². The number of piperidine rings is 1. The van der Waals surface area contributed by atoms with E-state index in [-0.39, 0.29) is 0 Å². The Bertz CT molecular complexity index is 424. The van der Waals surface area contributed by atoms with E-state index in [4.69, 9.17) is 0 Å². The van der Waals surface area contributed by atoms with E-state index >= 15 is 0 Å². The van der Waals surface area contributed by atoms with Gasteiger partial charge in [-0.2, -0.15) is 0 Å². The highest BCUT2D eigenvalue weighted by atomic mass is 15.1. The number of anilines is 2. The molecule has 1 saturated heterocycles. The van der Waals surface area contributed by atoms with Gasteiger partial charge >= 0.3 is 0 Å². The van der Waals surface area contributed by atoms with Crippen LogP contribution in [-0.2, 0) is 6.42 Å². The predicted octanol–water partition coefficient (Wildman–Crippen LogP) is 1.90. The molecular weight excluding hydrogens is 238 g/mol. The number of aryl methyl sites for hydroxylation is 1. The molecule has 19 heavy (non-hydrogen) atoms. The van der Waals surface area contributed by atoms with Gasteiger partial charge in [-0.25, -0.2) is 9.97 Å². The molecule has 106 valence electrons. The zero-order valence-electron chi connectivity index (χ0n) is 12.5. The van der Waals surface area contributed by atoms with Gasteiger partial charge in [0.1, 0.15) is 17.5 Å². The van der Waals surface area contributed by atoms with Gasteiger partial charge in [0, 0.05) is 25.1 Å². The molecule has 0 radical (unpaired) electrons. The third kappa shape index (κ3) is 3.35. The Morgan fingerprint density at radius 3 is 2.42 bits per heavy atom. The minimum Gasteiger partial charge on any atom is -0.373 e. The highest BCUT2D eigenvalue weighted by molar-refractivity contribution is 5.57. The van der Waals surface area contributed by atoms with Crippen LogP contribution in [0.15, 0.2) is 0 Å². The largest absolute Gasteiger partial charge is 0.373 e. The SMILES string of the molecule is CCc1nc(NC)c(C)c(NC2CCN(C)CC2)n1. The molecule has 0 amide bonds. The van der Waals surface area contributed by atoms with Crippen LogP contribution in [0.25, 0.3) is 0 Å². The fraction of sp³-hybridized carbons (Fsp3) is 0.714. The summed E-state index contributed by atoms with van der Waals surface area (Å²) in [5, 5.41) is 6.76. The van der Waals surface area contributed by atoms with E-state index in [0.29, 0.717) is 6.04 Å². The minimum absolute atomic E-state index is 0.527. The second kappa shape index (κ2) is 6.19. The minimum atomic E-state index is 0.527. The number of hydrogen-bond acceptors (Lipinski definition) is 5. The zero-order valence-corrected chi connectivity index (χ0v) is 12.5. The van der Waals surface area contributed by atoms with Gasteiger partial charge in [0.25, 0.3) is 0 Å². The molecule has 0 saturated carbocycles. The number of rotatable bonds is 4. The van der Waals surface area contributed by atoms with Crippen LogP contribution in [0.2, 0.25) is 0 Å². The van der Waals surface area contributed by atoms with E-state index in [1.54, 1.807) is 0 Å². The maximum Gasteiger partial charge on any atom is 0.134 e. The van der Waals surface area contributed by atoms with Gasteiger partial charge in [0.15, 0.2) is 0 Å². The molecule has 0 spiro atoms. The Hall–Kier alpha value is -1.36. The fourth-order valence-corrected chi connectivity index (χ4v) is 2.45. The van der Waals surface area contributed by atoms with E-state index < -0.39 is 0 Å². The third-order valence-electron chi connectivity index (χ3n) is 3.80. The normalized spacial score (nSPS) is 17.5. The molecule has 1 aliphatic rings. The lowest BCUT2D eigenvalue weighted by Crippen LogP contribution is -2.37. The lowest BCUT2D eigenvalue weighted by Gasteiger charge is -2.30. The summed E-state index contributed by atoms with van der Waals surface area (Å²) in [7, 11) is 4.09. The molecule has 5 heteroatoms. The van der Waals surface area contributed by atoms with Gasteiger partial charge in [-0.1, -0.05) is 6.92 Å². The van der Waals surface area contributed by atoms with Crippen molar-refractivity contribution in [3.63, 3.8) is 0 Å². The number of likely N-dealkylation sites (tertiary alicyclic amines) is 1. The monoisotopic (exact) mass is 263 g/mol. The van der Waals surface area contributed by atoms with Crippen molar-refractivity contribution in [1.29, 1.82) is 0 Å². The number of nitrogens with zero attached hydrogens (tertiary/aromatic N) is 3. The smallest absolute Gasteiger partial charge is 0.134 e. The molecule has 0 unspecified atom stereocenters. The Labute approximate surface area is 115 Å². The van der Waals surface area contributed by atoms with Crippen molar-refractivity contribution >= 4 is 11.6 Å². The molecule has 1 aliphatic heterocycles. The molecule has 0 atom stereocenters. The summed E-state index contributed by atoms with van der Waals surface area (Å²) < 4.78 is 0. The van der Waals surface area contributed by atoms with Crippen LogP contribution >= 0.6 is 0 Å². The average Bonchev–Trinajstić information content (AvgIpc) is 2.43. The summed E-state index contributed by atoms with van der Waals surface area (Å²) in [4.78, 5) is 11.5. The topological polar surface area (TPSA) is 53.1 Å². The first-order chi connectivity index (χ1) is 9.13. The fourth-order valence-electron chi connectivity index (χ4n) is 2.45. The lowest BCUT2D eigenvalue weighted by atomic mass is 10.1. The number of nitrogens with one attached hydrogen (secondary N) is 2. The molecule has 0 bridgehead atoms. The van der Waals surface area contributed by atoms with Crippen LogP contribution in [0, 0.1) is 6.92 Å². The first kappa shape index (κ1) is 14.1. The molecular formula is C14H25N5. The molecule has 0 aliphatic carbocycles.